The zero-order chi connectivity index (χ0) is 23.9. The molecule has 1 aromatic heterocycles. The van der Waals surface area contributed by atoms with Crippen molar-refractivity contribution in [3.8, 4) is 11.1 Å². The van der Waals surface area contributed by atoms with Crippen molar-refractivity contribution in [2.45, 2.75) is 18.7 Å². The average molecular weight is 549 g/mol. The van der Waals surface area contributed by atoms with Crippen LogP contribution in [-0.4, -0.2) is 55.9 Å². The van der Waals surface area contributed by atoms with Gasteiger partial charge < -0.3 is 9.74 Å². The highest BCUT2D eigenvalue weighted by molar-refractivity contribution is 9.10. The lowest BCUT2D eigenvalue weighted by molar-refractivity contribution is 0.0828. The van der Waals surface area contributed by atoms with Gasteiger partial charge in [0.15, 0.2) is 6.10 Å². The molecule has 0 N–H and O–H groups in total. The Morgan fingerprint density at radius 2 is 1.91 bits per heavy atom. The Morgan fingerprint density at radius 1 is 1.21 bits per heavy atom. The number of halogens is 5. The van der Waals surface area contributed by atoms with E-state index in [1.165, 1.54) is 12.3 Å². The van der Waals surface area contributed by atoms with Crippen LogP contribution in [0.1, 0.15) is 18.2 Å². The van der Waals surface area contributed by atoms with Gasteiger partial charge in [-0.25, -0.2) is 26.0 Å². The van der Waals surface area contributed by atoms with E-state index in [1.54, 1.807) is 4.90 Å². The number of oxime groups is 1. The molecule has 1 saturated heterocycles. The molecule has 7 nitrogen and oxygen atoms in total. The summed E-state index contributed by atoms with van der Waals surface area (Å²) >= 11 is 3.22. The third-order valence-corrected chi connectivity index (χ3v) is 6.16. The second-order valence-corrected chi connectivity index (χ2v) is 10.3. The fourth-order valence-electron chi connectivity index (χ4n) is 3.73. The van der Waals surface area contributed by atoms with Crippen molar-refractivity contribution in [2.75, 3.05) is 19.3 Å². The summed E-state index contributed by atoms with van der Waals surface area (Å²) in [7, 11) is -3.63. The van der Waals surface area contributed by atoms with Crippen molar-refractivity contribution < 1.29 is 30.8 Å². The van der Waals surface area contributed by atoms with E-state index in [0.29, 0.717) is 22.4 Å². The number of amidine groups is 1. The summed E-state index contributed by atoms with van der Waals surface area (Å²) < 4.78 is 82.9. The van der Waals surface area contributed by atoms with Crippen molar-refractivity contribution in [2.24, 2.45) is 15.5 Å². The van der Waals surface area contributed by atoms with E-state index in [9.17, 15) is 26.0 Å². The largest absolute Gasteiger partial charge is 0.384 e. The molecule has 1 aromatic carbocycles. The lowest BCUT2D eigenvalue weighted by atomic mass is 9.98. The van der Waals surface area contributed by atoms with Gasteiger partial charge in [-0.3, -0.25) is 4.98 Å². The Balaban J connectivity index is 1.57. The van der Waals surface area contributed by atoms with Gasteiger partial charge >= 0.3 is 0 Å². The molecular weight excluding hydrogens is 532 g/mol. The molecule has 1 fully saturated rings. The smallest absolute Gasteiger partial charge is 0.249 e. The summed E-state index contributed by atoms with van der Waals surface area (Å²) in [6.45, 7) is 0.0914. The Bertz CT molecular complexity index is 1230. The normalized spacial score (nSPS) is 23.3. The van der Waals surface area contributed by atoms with Crippen molar-refractivity contribution in [1.82, 2.24) is 9.88 Å². The van der Waals surface area contributed by atoms with Crippen molar-refractivity contribution in [3.05, 3.63) is 52.0 Å². The first-order valence-corrected chi connectivity index (χ1v) is 12.3. The Hall–Kier alpha value is -2.54. The Kier molecular flexibility index (Phi) is 6.45. The minimum Gasteiger partial charge on any atom is -0.384 e. The predicted molar refractivity (Wildman–Crippen MR) is 116 cm³/mol. The van der Waals surface area contributed by atoms with Gasteiger partial charge in [-0.05, 0) is 22.0 Å². The van der Waals surface area contributed by atoms with E-state index in [2.05, 4.69) is 30.5 Å². The molecular formula is C20H17BrF4N4O3S. The number of hydrogen-bond donors (Lipinski definition) is 0. The van der Waals surface area contributed by atoms with E-state index in [0.717, 1.165) is 12.5 Å². The van der Waals surface area contributed by atoms with Crippen molar-refractivity contribution in [1.29, 1.82) is 0 Å². The summed E-state index contributed by atoms with van der Waals surface area (Å²) in [6, 6.07) is 2.59. The maximum Gasteiger partial charge on any atom is 0.249 e. The third-order valence-electron chi connectivity index (χ3n) is 5.22. The van der Waals surface area contributed by atoms with E-state index in [4.69, 9.17) is 4.84 Å². The van der Waals surface area contributed by atoms with E-state index in [1.807, 2.05) is 0 Å². The van der Waals surface area contributed by atoms with Crippen LogP contribution in [0.3, 0.4) is 0 Å². The minimum absolute atomic E-state index is 0.0444. The second kappa shape index (κ2) is 9.01. The highest BCUT2D eigenvalue weighted by Gasteiger charge is 2.38. The van der Waals surface area contributed by atoms with Gasteiger partial charge in [-0.1, -0.05) is 5.16 Å². The fourth-order valence-corrected chi connectivity index (χ4v) is 4.44. The summed E-state index contributed by atoms with van der Waals surface area (Å²) in [5, 5.41) is 3.98. The summed E-state index contributed by atoms with van der Waals surface area (Å²) in [5.74, 6) is -3.61. The topological polar surface area (TPSA) is 84.2 Å². The van der Waals surface area contributed by atoms with Crippen LogP contribution in [0.4, 0.5) is 17.6 Å². The monoisotopic (exact) mass is 548 g/mol. The SMILES string of the molecule is CS(=O)(=O)N=CC1CN(C2=NOC(c3ncc(Br)cc3-c3c(F)cc(F)cc3F)C2)C[C@@H]1F. The van der Waals surface area contributed by atoms with Gasteiger partial charge in [0.1, 0.15) is 29.5 Å². The number of sulfonamides is 1. The summed E-state index contributed by atoms with van der Waals surface area (Å²) in [6.07, 6.45) is 1.36. The lowest BCUT2D eigenvalue weighted by Crippen LogP contribution is -2.28. The molecule has 2 aliphatic rings. The molecule has 4 rings (SSSR count). The minimum atomic E-state index is -3.63. The third kappa shape index (κ3) is 5.18. The van der Waals surface area contributed by atoms with Crippen LogP contribution < -0.4 is 0 Å². The maximum absolute atomic E-state index is 14.5. The number of rotatable bonds is 4. The lowest BCUT2D eigenvalue weighted by Gasteiger charge is -2.17. The quantitative estimate of drug-likeness (QED) is 0.426. The molecule has 2 aliphatic heterocycles. The highest BCUT2D eigenvalue weighted by atomic mass is 79.9. The molecule has 0 bridgehead atoms. The van der Waals surface area contributed by atoms with Gasteiger partial charge in [0.05, 0.1) is 30.5 Å². The van der Waals surface area contributed by atoms with Crippen LogP contribution in [0.15, 0.2) is 38.4 Å². The molecule has 2 aromatic rings. The molecule has 3 heterocycles. The fraction of sp³-hybridized carbons (Fsp3) is 0.350. The van der Waals surface area contributed by atoms with Gasteiger partial charge in [0.2, 0.25) is 10.0 Å². The number of nitrogens with zero attached hydrogens (tertiary/aromatic N) is 4. The molecule has 3 atom stereocenters. The Morgan fingerprint density at radius 3 is 2.58 bits per heavy atom. The first-order chi connectivity index (χ1) is 15.5. The standard InChI is InChI=1S/C20H17BrF4N4O3S/c1-33(30,31)27-6-10-8-29(9-16(10)25)18-5-17(32-28-18)20-13(2-11(21)7-26-20)19-14(23)3-12(22)4-15(19)24/h2-4,6-7,10,16-17H,5,8-9H2,1H3/t10?,16-,17?/m0/s1. The van der Waals surface area contributed by atoms with E-state index < -0.39 is 51.2 Å². The molecule has 176 valence electrons. The number of aromatic nitrogens is 1. The molecule has 2 unspecified atom stereocenters. The molecule has 0 saturated carbocycles. The molecule has 0 radical (unpaired) electrons. The molecule has 0 amide bonds. The first kappa shape index (κ1) is 23.6. The van der Waals surface area contributed by atoms with Crippen molar-refractivity contribution >= 4 is 38.0 Å². The Labute approximate surface area is 195 Å². The van der Waals surface area contributed by atoms with Crippen LogP contribution in [0.2, 0.25) is 0 Å². The summed E-state index contributed by atoms with van der Waals surface area (Å²) in [5.41, 5.74) is -0.226. The first-order valence-electron chi connectivity index (χ1n) is 9.69. The molecule has 13 heteroatoms. The van der Waals surface area contributed by atoms with Gasteiger partial charge in [-0.2, -0.15) is 4.40 Å². The predicted octanol–water partition coefficient (Wildman–Crippen LogP) is 4.00. The van der Waals surface area contributed by atoms with Crippen LogP contribution in [0.25, 0.3) is 11.1 Å². The van der Waals surface area contributed by atoms with Gasteiger partial charge in [0.25, 0.3) is 0 Å². The van der Waals surface area contributed by atoms with Gasteiger partial charge in [-0.15, -0.1) is 0 Å². The number of benzene rings is 1. The average Bonchev–Trinajstić information content (AvgIpc) is 3.32. The molecule has 0 spiro atoms. The second-order valence-electron chi connectivity index (χ2n) is 7.71. The van der Waals surface area contributed by atoms with Gasteiger partial charge in [0, 0.05) is 47.0 Å². The number of likely N-dealkylation sites (tertiary alicyclic amines) is 1. The number of pyridine rings is 1. The molecule has 0 aliphatic carbocycles. The highest BCUT2D eigenvalue weighted by Crippen LogP contribution is 2.38. The van der Waals surface area contributed by atoms with Crippen molar-refractivity contribution in [3.63, 3.8) is 0 Å². The number of alkyl halides is 1. The zero-order valence-corrected chi connectivity index (χ0v) is 19.5. The zero-order valence-electron chi connectivity index (χ0n) is 17.1. The molecule has 33 heavy (non-hydrogen) atoms. The van der Waals surface area contributed by atoms with Crippen LogP contribution in [-0.2, 0) is 14.9 Å². The number of hydrogen-bond acceptors (Lipinski definition) is 6. The van der Waals surface area contributed by atoms with E-state index in [-0.39, 0.29) is 30.8 Å². The van der Waals surface area contributed by atoms with E-state index >= 15 is 0 Å². The van der Waals surface area contributed by atoms with Crippen LogP contribution >= 0.6 is 15.9 Å². The van der Waals surface area contributed by atoms with Crippen LogP contribution in [0, 0.1) is 23.4 Å². The maximum atomic E-state index is 14.5. The summed E-state index contributed by atoms with van der Waals surface area (Å²) in [4.78, 5) is 11.3. The van der Waals surface area contributed by atoms with Crippen LogP contribution in [0.5, 0.6) is 0 Å².